The van der Waals surface area contributed by atoms with Crippen molar-refractivity contribution >= 4 is 17.2 Å². The third kappa shape index (κ3) is 1.83. The molecule has 2 aromatic rings. The molecule has 6 nitrogen and oxygen atoms in total. The zero-order chi connectivity index (χ0) is 11.7. The van der Waals surface area contributed by atoms with Gasteiger partial charge in [0.25, 0.3) is 0 Å². The highest BCUT2D eigenvalue weighted by Crippen LogP contribution is 2.29. The second kappa shape index (κ2) is 4.06. The van der Waals surface area contributed by atoms with Crippen LogP contribution in [-0.4, -0.2) is 16.7 Å². The SMILES string of the molecule is Nc1c(Nc2ccon2)cnc2c1COCC2. The second-order valence-corrected chi connectivity index (χ2v) is 3.82. The van der Waals surface area contributed by atoms with Gasteiger partial charge in [0.2, 0.25) is 0 Å². The van der Waals surface area contributed by atoms with Crippen molar-refractivity contribution < 1.29 is 9.26 Å². The highest BCUT2D eigenvalue weighted by molar-refractivity contribution is 5.73. The predicted octanol–water partition coefficient (Wildman–Crippen LogP) is 1.47. The van der Waals surface area contributed by atoms with Gasteiger partial charge in [0.1, 0.15) is 6.26 Å². The first kappa shape index (κ1) is 10.1. The van der Waals surface area contributed by atoms with Crippen LogP contribution in [0.2, 0.25) is 0 Å². The van der Waals surface area contributed by atoms with E-state index in [1.54, 1.807) is 12.3 Å². The Morgan fingerprint density at radius 1 is 1.41 bits per heavy atom. The van der Waals surface area contributed by atoms with Crippen LogP contribution < -0.4 is 11.1 Å². The number of nitrogens with one attached hydrogen (secondary N) is 1. The minimum absolute atomic E-state index is 0.516. The number of nitrogens with zero attached hydrogens (tertiary/aromatic N) is 2. The number of ether oxygens (including phenoxy) is 1. The van der Waals surface area contributed by atoms with Gasteiger partial charge in [0.15, 0.2) is 5.82 Å². The van der Waals surface area contributed by atoms with E-state index in [4.69, 9.17) is 15.0 Å². The molecule has 3 rings (SSSR count). The largest absolute Gasteiger partial charge is 0.397 e. The minimum atomic E-state index is 0.516. The molecular weight excluding hydrogens is 220 g/mol. The molecule has 6 heteroatoms. The smallest absolute Gasteiger partial charge is 0.173 e. The van der Waals surface area contributed by atoms with Gasteiger partial charge >= 0.3 is 0 Å². The number of aromatic nitrogens is 2. The molecule has 0 amide bonds. The van der Waals surface area contributed by atoms with Gasteiger partial charge in [-0.25, -0.2) is 0 Å². The van der Waals surface area contributed by atoms with E-state index in [1.807, 2.05) is 0 Å². The Hall–Kier alpha value is -2.08. The van der Waals surface area contributed by atoms with E-state index < -0.39 is 0 Å². The molecule has 0 aromatic carbocycles. The van der Waals surface area contributed by atoms with Gasteiger partial charge in [-0.3, -0.25) is 4.98 Å². The number of nitrogen functional groups attached to an aromatic ring is 1. The lowest BCUT2D eigenvalue weighted by atomic mass is 10.1. The summed E-state index contributed by atoms with van der Waals surface area (Å²) in [5, 5.41) is 6.82. The Morgan fingerprint density at radius 3 is 3.18 bits per heavy atom. The summed E-state index contributed by atoms with van der Waals surface area (Å²) in [6.45, 7) is 1.22. The Morgan fingerprint density at radius 2 is 2.35 bits per heavy atom. The highest BCUT2D eigenvalue weighted by Gasteiger charge is 2.16. The third-order valence-corrected chi connectivity index (χ3v) is 2.74. The summed E-state index contributed by atoms with van der Waals surface area (Å²) in [6, 6.07) is 1.72. The van der Waals surface area contributed by atoms with E-state index >= 15 is 0 Å². The van der Waals surface area contributed by atoms with Crippen LogP contribution in [0.15, 0.2) is 23.0 Å². The zero-order valence-electron chi connectivity index (χ0n) is 9.14. The van der Waals surface area contributed by atoms with Gasteiger partial charge in [-0.2, -0.15) is 0 Å². The fourth-order valence-corrected chi connectivity index (χ4v) is 1.84. The molecule has 0 atom stereocenters. The summed E-state index contributed by atoms with van der Waals surface area (Å²) in [7, 11) is 0. The third-order valence-electron chi connectivity index (χ3n) is 2.74. The number of pyridine rings is 1. The van der Waals surface area contributed by atoms with Gasteiger partial charge < -0.3 is 20.3 Å². The van der Waals surface area contributed by atoms with Crippen molar-refractivity contribution in [2.24, 2.45) is 0 Å². The van der Waals surface area contributed by atoms with Crippen LogP contribution in [0.3, 0.4) is 0 Å². The molecule has 3 N–H and O–H groups in total. The van der Waals surface area contributed by atoms with Gasteiger partial charge in [0.05, 0.1) is 36.5 Å². The molecule has 0 unspecified atom stereocenters. The summed E-state index contributed by atoms with van der Waals surface area (Å²) in [6.07, 6.45) is 4.02. The molecule has 0 radical (unpaired) electrons. The monoisotopic (exact) mass is 232 g/mol. The summed E-state index contributed by atoms with van der Waals surface area (Å²) in [5.41, 5.74) is 9.45. The summed E-state index contributed by atoms with van der Waals surface area (Å²) < 4.78 is 10.1. The molecule has 88 valence electrons. The maximum absolute atomic E-state index is 6.08. The zero-order valence-corrected chi connectivity index (χ0v) is 9.14. The minimum Gasteiger partial charge on any atom is -0.397 e. The lowest BCUT2D eigenvalue weighted by molar-refractivity contribution is 0.110. The first-order valence-electron chi connectivity index (χ1n) is 5.36. The average molecular weight is 232 g/mol. The lowest BCUT2D eigenvalue weighted by Gasteiger charge is -2.19. The van der Waals surface area contributed by atoms with Crippen molar-refractivity contribution in [3.8, 4) is 0 Å². The molecular formula is C11H12N4O2. The van der Waals surface area contributed by atoms with Gasteiger partial charge in [-0.1, -0.05) is 5.16 Å². The van der Waals surface area contributed by atoms with Crippen LogP contribution in [0.5, 0.6) is 0 Å². The standard InChI is InChI=1S/C11H12N4O2/c12-11-7-6-16-3-1-8(7)13-5-9(11)14-10-2-4-17-15-10/h2,4-5H,1,3,6H2,(H2,12,13)(H,14,15). The molecule has 17 heavy (non-hydrogen) atoms. The number of hydrogen-bond acceptors (Lipinski definition) is 6. The Labute approximate surface area is 97.8 Å². The molecule has 0 bridgehead atoms. The fourth-order valence-electron chi connectivity index (χ4n) is 1.84. The van der Waals surface area contributed by atoms with Crippen LogP contribution in [0.4, 0.5) is 17.2 Å². The van der Waals surface area contributed by atoms with Crippen molar-refractivity contribution in [1.29, 1.82) is 0 Å². The van der Waals surface area contributed by atoms with E-state index in [9.17, 15) is 0 Å². The van der Waals surface area contributed by atoms with E-state index in [0.29, 0.717) is 24.7 Å². The Bertz CT molecular complexity index is 525. The molecule has 0 fully saturated rings. The molecule has 2 aromatic heterocycles. The molecule has 0 saturated heterocycles. The molecule has 0 saturated carbocycles. The first-order chi connectivity index (χ1) is 8.34. The van der Waals surface area contributed by atoms with Crippen molar-refractivity contribution in [3.05, 3.63) is 29.8 Å². The number of anilines is 3. The van der Waals surface area contributed by atoms with Gasteiger partial charge in [0, 0.05) is 18.1 Å². The number of rotatable bonds is 2. The van der Waals surface area contributed by atoms with Gasteiger partial charge in [-0.15, -0.1) is 0 Å². The first-order valence-corrected chi connectivity index (χ1v) is 5.36. The predicted molar refractivity (Wildman–Crippen MR) is 61.8 cm³/mol. The van der Waals surface area contributed by atoms with Crippen molar-refractivity contribution in [3.63, 3.8) is 0 Å². The summed E-state index contributed by atoms with van der Waals surface area (Å²) >= 11 is 0. The van der Waals surface area contributed by atoms with Gasteiger partial charge in [-0.05, 0) is 0 Å². The van der Waals surface area contributed by atoms with E-state index in [2.05, 4.69) is 15.5 Å². The molecule has 3 heterocycles. The molecule has 1 aliphatic rings. The normalized spacial score (nSPS) is 14.4. The van der Waals surface area contributed by atoms with E-state index in [1.165, 1.54) is 6.26 Å². The maximum atomic E-state index is 6.08. The Balaban J connectivity index is 1.95. The summed E-state index contributed by atoms with van der Waals surface area (Å²) in [5.74, 6) is 0.607. The molecule has 0 aliphatic carbocycles. The van der Waals surface area contributed by atoms with E-state index in [0.717, 1.165) is 23.4 Å². The molecule has 1 aliphatic heterocycles. The van der Waals surface area contributed by atoms with Crippen LogP contribution in [-0.2, 0) is 17.8 Å². The fraction of sp³-hybridized carbons (Fsp3) is 0.273. The van der Waals surface area contributed by atoms with Crippen LogP contribution in [0.25, 0.3) is 0 Å². The molecule has 0 spiro atoms. The van der Waals surface area contributed by atoms with Crippen molar-refractivity contribution in [2.75, 3.05) is 17.7 Å². The van der Waals surface area contributed by atoms with Crippen molar-refractivity contribution in [1.82, 2.24) is 10.1 Å². The maximum Gasteiger partial charge on any atom is 0.173 e. The summed E-state index contributed by atoms with van der Waals surface area (Å²) in [4.78, 5) is 4.38. The number of nitrogens with two attached hydrogens (primary N) is 1. The quantitative estimate of drug-likeness (QED) is 0.815. The van der Waals surface area contributed by atoms with Crippen LogP contribution >= 0.6 is 0 Å². The van der Waals surface area contributed by atoms with E-state index in [-0.39, 0.29) is 0 Å². The van der Waals surface area contributed by atoms with Crippen molar-refractivity contribution in [2.45, 2.75) is 13.0 Å². The lowest BCUT2D eigenvalue weighted by Crippen LogP contribution is -2.15. The van der Waals surface area contributed by atoms with Crippen LogP contribution in [0.1, 0.15) is 11.3 Å². The van der Waals surface area contributed by atoms with Crippen LogP contribution in [0, 0.1) is 0 Å². The number of hydrogen-bond donors (Lipinski definition) is 2. The highest BCUT2D eigenvalue weighted by atomic mass is 16.5. The number of fused-ring (bicyclic) bond motifs is 1. The Kier molecular flexibility index (Phi) is 2.41. The second-order valence-electron chi connectivity index (χ2n) is 3.82. The topological polar surface area (TPSA) is 86.2 Å². The average Bonchev–Trinajstić information content (AvgIpc) is 2.86.